The van der Waals surface area contributed by atoms with E-state index < -0.39 is 23.9 Å². The summed E-state index contributed by atoms with van der Waals surface area (Å²) in [5.74, 6) is -0.843. The van der Waals surface area contributed by atoms with Crippen LogP contribution >= 0.6 is 11.6 Å². The number of nitrogens with zero attached hydrogens (tertiary/aromatic N) is 2. The van der Waals surface area contributed by atoms with E-state index in [-0.39, 0.29) is 28.6 Å². The Balaban J connectivity index is 1.65. The topological polar surface area (TPSA) is 93.2 Å². The number of anilines is 1. The van der Waals surface area contributed by atoms with E-state index in [2.05, 4.69) is 10.4 Å². The molecule has 0 aliphatic heterocycles. The van der Waals surface area contributed by atoms with Crippen LogP contribution in [0.1, 0.15) is 39.0 Å². The predicted octanol–water partition coefficient (Wildman–Crippen LogP) is 5.34. The van der Waals surface area contributed by atoms with Gasteiger partial charge in [-0.05, 0) is 41.0 Å². The summed E-state index contributed by atoms with van der Waals surface area (Å²) < 4.78 is 41.1. The maximum absolute atomic E-state index is 13.4. The van der Waals surface area contributed by atoms with Crippen LogP contribution in [-0.4, -0.2) is 20.8 Å². The third-order valence-electron chi connectivity index (χ3n) is 5.30. The van der Waals surface area contributed by atoms with Gasteiger partial charge in [0.1, 0.15) is 11.8 Å². The fourth-order valence-corrected chi connectivity index (χ4v) is 3.75. The Morgan fingerprint density at radius 2 is 1.77 bits per heavy atom. The summed E-state index contributed by atoms with van der Waals surface area (Å²) in [7, 11) is 0. The second kappa shape index (κ2) is 9.91. The van der Waals surface area contributed by atoms with Crippen molar-refractivity contribution in [2.45, 2.75) is 18.8 Å². The summed E-state index contributed by atoms with van der Waals surface area (Å²) in [6, 6.07) is 20.5. The van der Waals surface area contributed by atoms with Crippen LogP contribution in [0.4, 0.5) is 18.9 Å². The smallest absolute Gasteiger partial charge is 0.384 e. The minimum absolute atomic E-state index is 0.109. The molecule has 1 atom stereocenters. The molecule has 6 nitrogen and oxygen atoms in total. The van der Waals surface area contributed by atoms with Crippen LogP contribution in [0.25, 0.3) is 5.69 Å². The highest BCUT2D eigenvalue weighted by atomic mass is 35.5. The van der Waals surface area contributed by atoms with Gasteiger partial charge in [-0.1, -0.05) is 60.1 Å². The minimum atomic E-state index is -4.75. The number of rotatable bonds is 6. The average Bonchev–Trinajstić information content (AvgIpc) is 3.32. The third kappa shape index (κ3) is 5.37. The van der Waals surface area contributed by atoms with Gasteiger partial charge < -0.3 is 16.2 Å². The summed E-state index contributed by atoms with van der Waals surface area (Å²) >= 11 is 6.32. The van der Waals surface area contributed by atoms with Gasteiger partial charge in [0.2, 0.25) is 0 Å². The number of alkyl halides is 3. The molecule has 0 spiro atoms. The Kier molecular flexibility index (Phi) is 6.93. The van der Waals surface area contributed by atoms with Gasteiger partial charge >= 0.3 is 6.18 Å². The molecule has 0 aliphatic rings. The summed E-state index contributed by atoms with van der Waals surface area (Å²) in [5.41, 5.74) is 6.31. The second-order valence-electron chi connectivity index (χ2n) is 7.71. The highest BCUT2D eigenvalue weighted by molar-refractivity contribution is 6.34. The molecule has 0 radical (unpaired) electrons. The number of halogens is 4. The van der Waals surface area contributed by atoms with Gasteiger partial charge in [0.15, 0.2) is 5.69 Å². The Hall–Kier alpha value is -3.66. The number of amides is 1. The molecule has 1 heterocycles. The van der Waals surface area contributed by atoms with E-state index in [4.69, 9.17) is 17.3 Å². The lowest BCUT2D eigenvalue weighted by Gasteiger charge is -2.14. The molecular weight excluding hydrogens is 481 g/mol. The molecule has 0 saturated carbocycles. The van der Waals surface area contributed by atoms with Gasteiger partial charge in [-0.2, -0.15) is 18.3 Å². The lowest BCUT2D eigenvalue weighted by molar-refractivity contribution is -0.141. The molecule has 0 fully saturated rings. The summed E-state index contributed by atoms with van der Waals surface area (Å²) in [4.78, 5) is 13.0. The van der Waals surface area contributed by atoms with Crippen LogP contribution in [0.2, 0.25) is 5.02 Å². The van der Waals surface area contributed by atoms with Crippen molar-refractivity contribution in [1.29, 1.82) is 0 Å². The van der Waals surface area contributed by atoms with Gasteiger partial charge in [-0.25, -0.2) is 4.68 Å². The average molecular weight is 501 g/mol. The lowest BCUT2D eigenvalue weighted by atomic mass is 10.0. The van der Waals surface area contributed by atoms with Crippen molar-refractivity contribution in [2.24, 2.45) is 5.73 Å². The number of carbonyl (C=O) groups is 1. The van der Waals surface area contributed by atoms with Crippen LogP contribution in [0, 0.1) is 0 Å². The first-order valence-electron chi connectivity index (χ1n) is 10.5. The van der Waals surface area contributed by atoms with Crippen molar-refractivity contribution in [1.82, 2.24) is 9.78 Å². The van der Waals surface area contributed by atoms with E-state index in [1.54, 1.807) is 48.5 Å². The maximum Gasteiger partial charge on any atom is 0.435 e. The lowest BCUT2D eigenvalue weighted by Crippen LogP contribution is -2.17. The van der Waals surface area contributed by atoms with E-state index in [1.165, 1.54) is 18.2 Å². The fraction of sp³-hybridized carbons (Fsp3) is 0.120. The minimum Gasteiger partial charge on any atom is -0.384 e. The summed E-state index contributed by atoms with van der Waals surface area (Å²) in [5, 5.41) is 16.8. The zero-order valence-corrected chi connectivity index (χ0v) is 18.9. The van der Waals surface area contributed by atoms with Crippen molar-refractivity contribution < 1.29 is 23.1 Å². The normalized spacial score (nSPS) is 12.4. The van der Waals surface area contributed by atoms with Gasteiger partial charge in [0, 0.05) is 12.6 Å². The van der Waals surface area contributed by atoms with Gasteiger partial charge in [0.05, 0.1) is 16.4 Å². The highest BCUT2D eigenvalue weighted by Crippen LogP contribution is 2.32. The van der Waals surface area contributed by atoms with Crippen molar-refractivity contribution in [3.05, 3.63) is 112 Å². The zero-order valence-electron chi connectivity index (χ0n) is 18.1. The molecule has 1 amide bonds. The van der Waals surface area contributed by atoms with Crippen LogP contribution in [0.5, 0.6) is 0 Å². The number of aromatic nitrogens is 2. The molecule has 1 unspecified atom stereocenters. The van der Waals surface area contributed by atoms with E-state index in [0.29, 0.717) is 22.8 Å². The van der Waals surface area contributed by atoms with Crippen LogP contribution in [0.15, 0.2) is 78.9 Å². The number of aliphatic hydroxyl groups excluding tert-OH is 1. The Bertz CT molecular complexity index is 1360. The number of nitrogens with two attached hydrogens (primary N) is 1. The van der Waals surface area contributed by atoms with Gasteiger partial charge in [-0.15, -0.1) is 0 Å². The SMILES string of the molecule is NCc1cccc(-n2nc(C(F)(F)F)cc2C(=O)Nc2ccc(C(O)c3ccccc3)cc2Cl)c1. The van der Waals surface area contributed by atoms with E-state index in [9.17, 15) is 23.1 Å². The third-order valence-corrected chi connectivity index (χ3v) is 5.61. The first-order chi connectivity index (χ1) is 16.7. The van der Waals surface area contributed by atoms with E-state index >= 15 is 0 Å². The molecular formula is C25H20ClF3N4O2. The van der Waals surface area contributed by atoms with Crippen molar-refractivity contribution in [3.8, 4) is 5.69 Å². The molecule has 0 saturated heterocycles. The van der Waals surface area contributed by atoms with Crippen LogP contribution < -0.4 is 11.1 Å². The number of benzene rings is 3. The monoisotopic (exact) mass is 500 g/mol. The highest BCUT2D eigenvalue weighted by Gasteiger charge is 2.36. The molecule has 1 aromatic heterocycles. The molecule has 3 aromatic carbocycles. The number of nitrogens with one attached hydrogen (secondary N) is 1. The fourth-order valence-electron chi connectivity index (χ4n) is 3.51. The van der Waals surface area contributed by atoms with Crippen molar-refractivity contribution in [2.75, 3.05) is 5.32 Å². The number of carbonyl (C=O) groups excluding carboxylic acids is 1. The quantitative estimate of drug-likeness (QED) is 0.333. The van der Waals surface area contributed by atoms with Crippen molar-refractivity contribution >= 4 is 23.2 Å². The van der Waals surface area contributed by atoms with Crippen molar-refractivity contribution in [3.63, 3.8) is 0 Å². The molecule has 0 aliphatic carbocycles. The van der Waals surface area contributed by atoms with Gasteiger partial charge in [0.25, 0.3) is 5.91 Å². The van der Waals surface area contributed by atoms with E-state index in [1.807, 2.05) is 6.07 Å². The summed E-state index contributed by atoms with van der Waals surface area (Å²) in [6.07, 6.45) is -5.69. The largest absolute Gasteiger partial charge is 0.435 e. The first-order valence-corrected chi connectivity index (χ1v) is 10.9. The number of hydrogen-bond acceptors (Lipinski definition) is 4. The van der Waals surface area contributed by atoms with E-state index in [0.717, 1.165) is 4.68 Å². The number of aliphatic hydroxyl groups is 1. The Morgan fingerprint density at radius 1 is 1.03 bits per heavy atom. The molecule has 4 aromatic rings. The first kappa shape index (κ1) is 24.5. The molecule has 0 bridgehead atoms. The standard InChI is InChI=1S/C25H20ClF3N4O2/c26-19-12-17(23(34)16-6-2-1-3-7-16)9-10-20(19)31-24(35)21-13-22(25(27,28)29)32-33(21)18-8-4-5-15(11-18)14-30/h1-13,23,34H,14,30H2,(H,31,35). The molecule has 10 heteroatoms. The Morgan fingerprint density at radius 3 is 2.43 bits per heavy atom. The maximum atomic E-state index is 13.4. The molecule has 35 heavy (non-hydrogen) atoms. The summed E-state index contributed by atoms with van der Waals surface area (Å²) in [6.45, 7) is 0.166. The van der Waals surface area contributed by atoms with Gasteiger partial charge in [-0.3, -0.25) is 4.79 Å². The molecule has 180 valence electrons. The molecule has 4 N–H and O–H groups in total. The second-order valence-corrected chi connectivity index (χ2v) is 8.11. The Labute approximate surface area is 203 Å². The van der Waals surface area contributed by atoms with Crippen LogP contribution in [-0.2, 0) is 12.7 Å². The molecule has 4 rings (SSSR count). The van der Waals surface area contributed by atoms with Crippen LogP contribution in [0.3, 0.4) is 0 Å². The number of hydrogen-bond donors (Lipinski definition) is 3. The predicted molar refractivity (Wildman–Crippen MR) is 126 cm³/mol. The zero-order chi connectivity index (χ0) is 25.2.